The first-order valence-corrected chi connectivity index (χ1v) is 8.56. The second-order valence-corrected chi connectivity index (χ2v) is 6.29. The third-order valence-electron chi connectivity index (χ3n) is 4.18. The fourth-order valence-electron chi connectivity index (χ4n) is 2.72. The van der Waals surface area contributed by atoms with Gasteiger partial charge in [0, 0.05) is 30.5 Å². The lowest BCUT2D eigenvalue weighted by Crippen LogP contribution is -2.30. The van der Waals surface area contributed by atoms with E-state index in [1.54, 1.807) is 31.2 Å². The number of aryl methyl sites for hydroxylation is 2. The molecule has 1 N–H and O–H groups in total. The zero-order chi connectivity index (χ0) is 19.3. The summed E-state index contributed by atoms with van der Waals surface area (Å²) in [6.45, 7) is 7.00. The predicted molar refractivity (Wildman–Crippen MR) is 100 cm³/mol. The standard InChI is InChI=1S/C19H26N4O3/c1-6-26-19(25)15-7-9-16(10-8-15)20-18(24)12-22(4)11-17-13(2)21-23(5)14(17)3/h7-10H,6,11-12H2,1-5H3,(H,20,24). The highest BCUT2D eigenvalue weighted by molar-refractivity contribution is 5.94. The molecule has 26 heavy (non-hydrogen) atoms. The zero-order valence-electron chi connectivity index (χ0n) is 16.0. The molecule has 0 fully saturated rings. The van der Waals surface area contributed by atoms with E-state index in [4.69, 9.17) is 4.74 Å². The van der Waals surface area contributed by atoms with E-state index >= 15 is 0 Å². The van der Waals surface area contributed by atoms with Crippen LogP contribution in [0.3, 0.4) is 0 Å². The van der Waals surface area contributed by atoms with Crippen LogP contribution in [0.25, 0.3) is 0 Å². The number of benzene rings is 1. The Hall–Kier alpha value is -2.67. The van der Waals surface area contributed by atoms with Gasteiger partial charge in [-0.15, -0.1) is 0 Å². The third kappa shape index (κ3) is 4.92. The number of rotatable bonds is 7. The number of anilines is 1. The summed E-state index contributed by atoms with van der Waals surface area (Å²) in [5.41, 5.74) is 4.33. The van der Waals surface area contributed by atoms with E-state index < -0.39 is 0 Å². The van der Waals surface area contributed by atoms with Gasteiger partial charge < -0.3 is 10.1 Å². The molecule has 0 bridgehead atoms. The van der Waals surface area contributed by atoms with Crippen LogP contribution in [0.15, 0.2) is 24.3 Å². The van der Waals surface area contributed by atoms with Gasteiger partial charge >= 0.3 is 5.97 Å². The second kappa shape index (κ2) is 8.62. The second-order valence-electron chi connectivity index (χ2n) is 6.29. The Labute approximate surface area is 153 Å². The topological polar surface area (TPSA) is 76.5 Å². The zero-order valence-corrected chi connectivity index (χ0v) is 16.0. The van der Waals surface area contributed by atoms with Crippen molar-refractivity contribution < 1.29 is 14.3 Å². The number of nitrogens with zero attached hydrogens (tertiary/aromatic N) is 3. The van der Waals surface area contributed by atoms with E-state index in [2.05, 4.69) is 10.4 Å². The van der Waals surface area contributed by atoms with Crippen molar-refractivity contribution in [2.24, 2.45) is 7.05 Å². The summed E-state index contributed by atoms with van der Waals surface area (Å²) in [6.07, 6.45) is 0. The van der Waals surface area contributed by atoms with E-state index in [1.807, 2.05) is 37.5 Å². The molecule has 7 nitrogen and oxygen atoms in total. The van der Waals surface area contributed by atoms with Crippen LogP contribution in [-0.4, -0.2) is 46.8 Å². The van der Waals surface area contributed by atoms with E-state index in [0.29, 0.717) is 24.4 Å². The molecular weight excluding hydrogens is 332 g/mol. The van der Waals surface area contributed by atoms with Crippen molar-refractivity contribution >= 4 is 17.6 Å². The number of ether oxygens (including phenoxy) is 1. The largest absolute Gasteiger partial charge is 0.462 e. The van der Waals surface area contributed by atoms with Gasteiger partial charge in [0.1, 0.15) is 0 Å². The Morgan fingerprint density at radius 2 is 1.88 bits per heavy atom. The summed E-state index contributed by atoms with van der Waals surface area (Å²) >= 11 is 0. The maximum Gasteiger partial charge on any atom is 0.338 e. The normalized spacial score (nSPS) is 10.8. The van der Waals surface area contributed by atoms with Crippen molar-refractivity contribution in [3.63, 3.8) is 0 Å². The fraction of sp³-hybridized carbons (Fsp3) is 0.421. The first kappa shape index (κ1) is 19.7. The highest BCUT2D eigenvalue weighted by Gasteiger charge is 2.14. The summed E-state index contributed by atoms with van der Waals surface area (Å²) in [7, 11) is 3.81. The number of hydrogen-bond donors (Lipinski definition) is 1. The van der Waals surface area contributed by atoms with Crippen molar-refractivity contribution in [1.82, 2.24) is 14.7 Å². The monoisotopic (exact) mass is 358 g/mol. The highest BCUT2D eigenvalue weighted by Crippen LogP contribution is 2.14. The molecule has 1 amide bonds. The van der Waals surface area contributed by atoms with Crippen molar-refractivity contribution in [2.75, 3.05) is 25.5 Å². The van der Waals surface area contributed by atoms with E-state index in [-0.39, 0.29) is 18.4 Å². The number of aromatic nitrogens is 2. The minimum absolute atomic E-state index is 0.115. The van der Waals surface area contributed by atoms with Crippen LogP contribution in [0.4, 0.5) is 5.69 Å². The van der Waals surface area contributed by atoms with Crippen molar-refractivity contribution in [2.45, 2.75) is 27.3 Å². The number of likely N-dealkylation sites (N-methyl/N-ethyl adjacent to an activating group) is 1. The number of amides is 1. The Morgan fingerprint density at radius 3 is 2.42 bits per heavy atom. The maximum absolute atomic E-state index is 12.2. The molecule has 140 valence electrons. The van der Waals surface area contributed by atoms with Crippen molar-refractivity contribution in [3.05, 3.63) is 46.8 Å². The van der Waals surface area contributed by atoms with Gasteiger partial charge in [0.15, 0.2) is 0 Å². The van der Waals surface area contributed by atoms with Crippen LogP contribution in [0.1, 0.15) is 34.2 Å². The summed E-state index contributed by atoms with van der Waals surface area (Å²) in [4.78, 5) is 25.8. The molecule has 0 aliphatic carbocycles. The lowest BCUT2D eigenvalue weighted by Gasteiger charge is -2.16. The van der Waals surface area contributed by atoms with E-state index in [1.165, 1.54) is 0 Å². The van der Waals surface area contributed by atoms with Crippen molar-refractivity contribution in [3.8, 4) is 0 Å². The number of esters is 1. The lowest BCUT2D eigenvalue weighted by molar-refractivity contribution is -0.117. The van der Waals surface area contributed by atoms with Gasteiger partial charge in [-0.05, 0) is 52.1 Å². The Kier molecular flexibility index (Phi) is 6.52. The summed E-state index contributed by atoms with van der Waals surface area (Å²) in [5, 5.41) is 7.24. The highest BCUT2D eigenvalue weighted by atomic mass is 16.5. The van der Waals surface area contributed by atoms with Crippen LogP contribution in [0.5, 0.6) is 0 Å². The lowest BCUT2D eigenvalue weighted by atomic mass is 10.2. The van der Waals surface area contributed by atoms with Gasteiger partial charge in [0.2, 0.25) is 5.91 Å². The van der Waals surface area contributed by atoms with E-state index in [9.17, 15) is 9.59 Å². The van der Waals surface area contributed by atoms with Crippen LogP contribution < -0.4 is 5.32 Å². The molecule has 7 heteroatoms. The minimum Gasteiger partial charge on any atom is -0.462 e. The van der Waals surface area contributed by atoms with Crippen LogP contribution >= 0.6 is 0 Å². The Bertz CT molecular complexity index is 781. The molecule has 1 aromatic heterocycles. The molecule has 0 radical (unpaired) electrons. The number of carbonyl (C=O) groups is 2. The van der Waals surface area contributed by atoms with Gasteiger partial charge in [-0.1, -0.05) is 0 Å². The molecule has 0 aliphatic rings. The van der Waals surface area contributed by atoms with Crippen LogP contribution in [0.2, 0.25) is 0 Å². The fourth-order valence-corrected chi connectivity index (χ4v) is 2.72. The smallest absolute Gasteiger partial charge is 0.338 e. The van der Waals surface area contributed by atoms with Gasteiger partial charge in [0.05, 0.1) is 24.4 Å². The molecule has 2 aromatic rings. The van der Waals surface area contributed by atoms with Gasteiger partial charge in [-0.25, -0.2) is 4.79 Å². The number of carbonyl (C=O) groups excluding carboxylic acids is 2. The molecule has 1 aromatic carbocycles. The summed E-state index contributed by atoms with van der Waals surface area (Å²) in [5.74, 6) is -0.483. The van der Waals surface area contributed by atoms with Gasteiger partial charge in [-0.3, -0.25) is 14.4 Å². The molecule has 0 aliphatic heterocycles. The first-order chi connectivity index (χ1) is 12.3. The maximum atomic E-state index is 12.2. The molecule has 0 atom stereocenters. The Balaban J connectivity index is 1.90. The molecular formula is C19H26N4O3. The molecule has 2 rings (SSSR count). The summed E-state index contributed by atoms with van der Waals surface area (Å²) in [6, 6.07) is 6.67. The number of hydrogen-bond acceptors (Lipinski definition) is 5. The van der Waals surface area contributed by atoms with Gasteiger partial charge in [0.25, 0.3) is 0 Å². The average molecular weight is 358 g/mol. The molecule has 0 spiro atoms. The minimum atomic E-state index is -0.368. The van der Waals surface area contributed by atoms with E-state index in [0.717, 1.165) is 17.0 Å². The first-order valence-electron chi connectivity index (χ1n) is 8.56. The SMILES string of the molecule is CCOC(=O)c1ccc(NC(=O)CN(C)Cc2c(C)nn(C)c2C)cc1. The van der Waals surface area contributed by atoms with Crippen molar-refractivity contribution in [1.29, 1.82) is 0 Å². The summed E-state index contributed by atoms with van der Waals surface area (Å²) < 4.78 is 6.79. The van der Waals surface area contributed by atoms with Gasteiger partial charge in [-0.2, -0.15) is 5.10 Å². The molecule has 0 saturated heterocycles. The third-order valence-corrected chi connectivity index (χ3v) is 4.18. The molecule has 0 unspecified atom stereocenters. The van der Waals surface area contributed by atoms with Crippen LogP contribution in [-0.2, 0) is 23.1 Å². The molecule has 0 saturated carbocycles. The Morgan fingerprint density at radius 1 is 1.23 bits per heavy atom. The number of nitrogens with one attached hydrogen (secondary N) is 1. The predicted octanol–water partition coefficient (Wildman–Crippen LogP) is 2.28. The molecule has 1 heterocycles. The average Bonchev–Trinajstić information content (AvgIpc) is 2.82. The quantitative estimate of drug-likeness (QED) is 0.769. The van der Waals surface area contributed by atoms with Crippen LogP contribution in [0, 0.1) is 13.8 Å².